The summed E-state index contributed by atoms with van der Waals surface area (Å²) in [6.45, 7) is 1.94. The van der Waals surface area contributed by atoms with Gasteiger partial charge < -0.3 is 10.6 Å². The largest absolute Gasteiger partial charge is 0.349 e. The Balaban J connectivity index is 1.54. The second-order valence-corrected chi connectivity index (χ2v) is 8.11. The average Bonchev–Trinajstić information content (AvgIpc) is 3.19. The van der Waals surface area contributed by atoms with E-state index in [-0.39, 0.29) is 11.9 Å². The van der Waals surface area contributed by atoms with E-state index in [2.05, 4.69) is 15.7 Å². The first-order valence-electron chi connectivity index (χ1n) is 10.0. The summed E-state index contributed by atoms with van der Waals surface area (Å²) < 4.78 is 1.76. The summed E-state index contributed by atoms with van der Waals surface area (Å²) in [5.41, 5.74) is 4.04. The molecule has 144 valence electrons. The molecule has 5 rings (SSSR count). The SMILES string of the molecule is Cc1nn(C)c2nc(-c3ccccc3)cc(C(=O)NC3CC4CCC(C3)N4)c12. The molecule has 0 radical (unpaired) electrons. The Morgan fingerprint density at radius 3 is 2.61 bits per heavy atom. The first kappa shape index (κ1) is 17.4. The van der Waals surface area contributed by atoms with E-state index < -0.39 is 0 Å². The molecule has 2 aliphatic rings. The predicted octanol–water partition coefficient (Wildman–Crippen LogP) is 2.96. The van der Waals surface area contributed by atoms with E-state index in [0.29, 0.717) is 17.6 Å². The van der Waals surface area contributed by atoms with Gasteiger partial charge in [0.2, 0.25) is 0 Å². The van der Waals surface area contributed by atoms with Crippen molar-refractivity contribution in [1.29, 1.82) is 0 Å². The van der Waals surface area contributed by atoms with Crippen LogP contribution in [0.5, 0.6) is 0 Å². The van der Waals surface area contributed by atoms with Crippen molar-refractivity contribution in [2.45, 2.75) is 50.7 Å². The fourth-order valence-corrected chi connectivity index (χ4v) is 4.82. The van der Waals surface area contributed by atoms with Crippen molar-refractivity contribution in [3.05, 3.63) is 47.7 Å². The van der Waals surface area contributed by atoms with E-state index >= 15 is 0 Å². The van der Waals surface area contributed by atoms with Crippen LogP contribution < -0.4 is 10.6 Å². The van der Waals surface area contributed by atoms with Crippen LogP contribution in [0.1, 0.15) is 41.7 Å². The molecule has 6 heteroatoms. The van der Waals surface area contributed by atoms with Crippen molar-refractivity contribution < 1.29 is 4.79 Å². The number of aromatic nitrogens is 3. The molecule has 28 heavy (non-hydrogen) atoms. The van der Waals surface area contributed by atoms with Crippen LogP contribution in [0.3, 0.4) is 0 Å². The molecule has 0 aliphatic carbocycles. The minimum Gasteiger partial charge on any atom is -0.349 e. The molecule has 2 atom stereocenters. The molecule has 2 aliphatic heterocycles. The number of rotatable bonds is 3. The number of hydrogen-bond donors (Lipinski definition) is 2. The normalized spacial score (nSPS) is 23.9. The maximum Gasteiger partial charge on any atom is 0.252 e. The van der Waals surface area contributed by atoms with Crippen LogP contribution in [0, 0.1) is 6.92 Å². The van der Waals surface area contributed by atoms with Gasteiger partial charge >= 0.3 is 0 Å². The number of carbonyl (C=O) groups excluding carboxylic acids is 1. The third kappa shape index (κ3) is 2.98. The highest BCUT2D eigenvalue weighted by atomic mass is 16.1. The number of benzene rings is 1. The molecule has 0 spiro atoms. The van der Waals surface area contributed by atoms with E-state index in [1.165, 1.54) is 12.8 Å². The van der Waals surface area contributed by atoms with Crippen LogP contribution in [0.2, 0.25) is 0 Å². The van der Waals surface area contributed by atoms with Crippen LogP contribution in [-0.4, -0.2) is 38.8 Å². The molecule has 3 aromatic rings. The van der Waals surface area contributed by atoms with Crippen molar-refractivity contribution in [1.82, 2.24) is 25.4 Å². The van der Waals surface area contributed by atoms with Crippen molar-refractivity contribution >= 4 is 16.9 Å². The van der Waals surface area contributed by atoms with Gasteiger partial charge in [0.25, 0.3) is 5.91 Å². The van der Waals surface area contributed by atoms with E-state index in [1.807, 2.05) is 50.4 Å². The number of fused-ring (bicyclic) bond motifs is 3. The van der Waals surface area contributed by atoms with Gasteiger partial charge in [-0.25, -0.2) is 4.98 Å². The minimum absolute atomic E-state index is 0.0213. The highest BCUT2D eigenvalue weighted by molar-refractivity contribution is 6.07. The van der Waals surface area contributed by atoms with Crippen LogP contribution in [0.25, 0.3) is 22.3 Å². The van der Waals surface area contributed by atoms with Crippen molar-refractivity contribution in [3.8, 4) is 11.3 Å². The van der Waals surface area contributed by atoms with E-state index in [0.717, 1.165) is 40.8 Å². The number of pyridine rings is 1. The maximum absolute atomic E-state index is 13.3. The number of carbonyl (C=O) groups is 1. The third-order valence-electron chi connectivity index (χ3n) is 6.09. The fourth-order valence-electron chi connectivity index (χ4n) is 4.82. The van der Waals surface area contributed by atoms with Crippen molar-refractivity contribution in [2.75, 3.05) is 0 Å². The molecule has 6 nitrogen and oxygen atoms in total. The molecule has 2 unspecified atom stereocenters. The first-order chi connectivity index (χ1) is 13.6. The molecule has 2 bridgehead atoms. The molecule has 1 aromatic carbocycles. The number of aryl methyl sites for hydroxylation is 2. The summed E-state index contributed by atoms with van der Waals surface area (Å²) >= 11 is 0. The lowest BCUT2D eigenvalue weighted by Crippen LogP contribution is -2.48. The van der Waals surface area contributed by atoms with Gasteiger partial charge in [-0.3, -0.25) is 9.48 Å². The third-order valence-corrected chi connectivity index (χ3v) is 6.09. The lowest BCUT2D eigenvalue weighted by Gasteiger charge is -2.29. The second-order valence-electron chi connectivity index (χ2n) is 8.11. The Kier molecular flexibility index (Phi) is 4.16. The van der Waals surface area contributed by atoms with Gasteiger partial charge in [0, 0.05) is 30.7 Å². The molecule has 2 saturated heterocycles. The Bertz CT molecular complexity index is 1030. The van der Waals surface area contributed by atoms with Gasteiger partial charge in [0.15, 0.2) is 5.65 Å². The molecular formula is C22H25N5O. The lowest BCUT2D eigenvalue weighted by atomic mass is 9.98. The lowest BCUT2D eigenvalue weighted by molar-refractivity contribution is 0.0925. The first-order valence-corrected chi connectivity index (χ1v) is 10.0. The average molecular weight is 375 g/mol. The molecule has 1 amide bonds. The van der Waals surface area contributed by atoms with Gasteiger partial charge in [0.1, 0.15) is 0 Å². The van der Waals surface area contributed by atoms with Crippen LogP contribution in [0.4, 0.5) is 0 Å². The zero-order chi connectivity index (χ0) is 19.3. The van der Waals surface area contributed by atoms with Crippen LogP contribution >= 0.6 is 0 Å². The molecule has 2 aromatic heterocycles. The Hall–Kier alpha value is -2.73. The Morgan fingerprint density at radius 1 is 1.18 bits per heavy atom. The van der Waals surface area contributed by atoms with Gasteiger partial charge in [-0.05, 0) is 38.7 Å². The quantitative estimate of drug-likeness (QED) is 0.738. The topological polar surface area (TPSA) is 71.8 Å². The molecule has 2 fully saturated rings. The van der Waals surface area contributed by atoms with Gasteiger partial charge in [-0.15, -0.1) is 0 Å². The van der Waals surface area contributed by atoms with Gasteiger partial charge in [0.05, 0.1) is 22.3 Å². The van der Waals surface area contributed by atoms with Crippen LogP contribution in [0.15, 0.2) is 36.4 Å². The number of hydrogen-bond acceptors (Lipinski definition) is 4. The monoisotopic (exact) mass is 375 g/mol. The highest BCUT2D eigenvalue weighted by Gasteiger charge is 2.34. The Morgan fingerprint density at radius 2 is 1.89 bits per heavy atom. The fraction of sp³-hybridized carbons (Fsp3) is 0.409. The van der Waals surface area contributed by atoms with E-state index in [1.54, 1.807) is 4.68 Å². The standard InChI is InChI=1S/C22H25N5O/c1-13-20-18(22(28)24-17-10-15-8-9-16(11-17)23-15)12-19(14-6-4-3-5-7-14)25-21(20)27(2)26-13/h3-7,12,15-17,23H,8-11H2,1-2H3,(H,24,28). The van der Waals surface area contributed by atoms with E-state index in [9.17, 15) is 4.79 Å². The summed E-state index contributed by atoms with van der Waals surface area (Å²) in [7, 11) is 1.88. The van der Waals surface area contributed by atoms with Gasteiger partial charge in [-0.1, -0.05) is 30.3 Å². The summed E-state index contributed by atoms with van der Waals surface area (Å²) in [5.74, 6) is -0.0213. The highest BCUT2D eigenvalue weighted by Crippen LogP contribution is 2.29. The summed E-state index contributed by atoms with van der Waals surface area (Å²) in [6, 6.07) is 13.2. The molecule has 2 N–H and O–H groups in total. The Labute approximate surface area is 164 Å². The molecule has 4 heterocycles. The number of piperidine rings is 1. The van der Waals surface area contributed by atoms with E-state index in [4.69, 9.17) is 4.98 Å². The zero-order valence-electron chi connectivity index (χ0n) is 16.3. The summed E-state index contributed by atoms with van der Waals surface area (Å²) in [4.78, 5) is 18.1. The second kappa shape index (κ2) is 6.71. The van der Waals surface area contributed by atoms with Crippen LogP contribution in [-0.2, 0) is 7.05 Å². The zero-order valence-corrected chi connectivity index (χ0v) is 16.3. The molecular weight excluding hydrogens is 350 g/mol. The molecule has 0 saturated carbocycles. The predicted molar refractivity (Wildman–Crippen MR) is 109 cm³/mol. The smallest absolute Gasteiger partial charge is 0.252 e. The minimum atomic E-state index is -0.0213. The maximum atomic E-state index is 13.3. The summed E-state index contributed by atoms with van der Waals surface area (Å²) in [5, 5.41) is 12.3. The number of nitrogens with one attached hydrogen (secondary N) is 2. The van der Waals surface area contributed by atoms with Crippen molar-refractivity contribution in [2.24, 2.45) is 7.05 Å². The number of nitrogens with zero attached hydrogens (tertiary/aromatic N) is 3. The number of amides is 1. The van der Waals surface area contributed by atoms with Crippen molar-refractivity contribution in [3.63, 3.8) is 0 Å². The summed E-state index contributed by atoms with van der Waals surface area (Å²) in [6.07, 6.45) is 4.45. The van der Waals surface area contributed by atoms with Gasteiger partial charge in [-0.2, -0.15) is 5.10 Å².